The minimum atomic E-state index is -0.411. The first kappa shape index (κ1) is 19.4. The molecule has 5 atom stereocenters. The van der Waals surface area contributed by atoms with Crippen molar-refractivity contribution in [3.05, 3.63) is 29.8 Å². The highest BCUT2D eigenvalue weighted by Crippen LogP contribution is 2.38. The molecule has 3 aliphatic rings. The molecule has 1 aliphatic carbocycles. The van der Waals surface area contributed by atoms with Gasteiger partial charge in [-0.3, -0.25) is 9.59 Å². The van der Waals surface area contributed by atoms with Gasteiger partial charge in [-0.2, -0.15) is 0 Å². The number of carbonyl (C=O) groups is 2. The maximum absolute atomic E-state index is 13.5. The second-order valence-corrected chi connectivity index (χ2v) is 8.62. The first-order chi connectivity index (χ1) is 13.6. The molecule has 0 bridgehead atoms. The smallest absolute Gasteiger partial charge is 0.231 e. The molecule has 2 aliphatic heterocycles. The first-order valence-corrected chi connectivity index (χ1v) is 10.6. The summed E-state index contributed by atoms with van der Waals surface area (Å²) in [6.45, 7) is 3.85. The number of nitrogens with zero attached hydrogens (tertiary/aromatic N) is 1. The van der Waals surface area contributed by atoms with Crippen LogP contribution in [0, 0.1) is 17.8 Å². The predicted molar refractivity (Wildman–Crippen MR) is 108 cm³/mol. The molecular weight excluding hydrogens is 354 g/mol. The van der Waals surface area contributed by atoms with E-state index in [1.54, 1.807) is 0 Å². The molecule has 152 valence electrons. The van der Waals surface area contributed by atoms with E-state index in [1.807, 2.05) is 23.1 Å². The average molecular weight is 386 g/mol. The van der Waals surface area contributed by atoms with Crippen molar-refractivity contribution in [3.63, 3.8) is 0 Å². The Hall–Kier alpha value is -1.92. The van der Waals surface area contributed by atoms with E-state index in [-0.39, 0.29) is 35.6 Å². The third kappa shape index (κ3) is 3.67. The van der Waals surface area contributed by atoms with Crippen molar-refractivity contribution in [2.75, 3.05) is 24.5 Å². The summed E-state index contributed by atoms with van der Waals surface area (Å²) in [4.78, 5) is 28.4. The van der Waals surface area contributed by atoms with Crippen LogP contribution in [0.4, 0.5) is 5.69 Å². The van der Waals surface area contributed by atoms with Gasteiger partial charge in [-0.25, -0.2) is 0 Å². The highest BCUT2D eigenvalue weighted by atomic mass is 16.3. The lowest BCUT2D eigenvalue weighted by Gasteiger charge is -2.34. The number of aliphatic hydroxyl groups excluding tert-OH is 1. The van der Waals surface area contributed by atoms with E-state index in [9.17, 15) is 14.7 Å². The molecule has 6 nitrogen and oxygen atoms in total. The molecule has 1 saturated carbocycles. The average Bonchev–Trinajstić information content (AvgIpc) is 3.27. The van der Waals surface area contributed by atoms with Gasteiger partial charge in [-0.05, 0) is 37.8 Å². The second kappa shape index (κ2) is 8.21. The molecular formula is C22H31N3O3. The molecule has 2 heterocycles. The fraction of sp³-hybridized carbons (Fsp3) is 0.636. The Bertz CT molecular complexity index is 737. The van der Waals surface area contributed by atoms with E-state index in [0.29, 0.717) is 13.1 Å². The Morgan fingerprint density at radius 3 is 2.68 bits per heavy atom. The van der Waals surface area contributed by atoms with Crippen molar-refractivity contribution >= 4 is 17.5 Å². The van der Waals surface area contributed by atoms with Gasteiger partial charge < -0.3 is 20.6 Å². The topological polar surface area (TPSA) is 81.7 Å². The van der Waals surface area contributed by atoms with Crippen LogP contribution >= 0.6 is 0 Å². The zero-order chi connectivity index (χ0) is 19.7. The van der Waals surface area contributed by atoms with Gasteiger partial charge >= 0.3 is 0 Å². The van der Waals surface area contributed by atoms with Gasteiger partial charge in [0.05, 0.1) is 12.0 Å². The number of amides is 2. The van der Waals surface area contributed by atoms with Crippen molar-refractivity contribution in [3.8, 4) is 0 Å². The molecule has 3 N–H and O–H groups in total. The maximum atomic E-state index is 13.5. The molecule has 4 rings (SSSR count). The number of aliphatic hydroxyl groups is 1. The zero-order valence-corrected chi connectivity index (χ0v) is 16.6. The van der Waals surface area contributed by atoms with Gasteiger partial charge in [0.15, 0.2) is 0 Å². The largest absolute Gasteiger partial charge is 0.391 e. The third-order valence-corrected chi connectivity index (χ3v) is 6.71. The monoisotopic (exact) mass is 385 g/mol. The molecule has 2 fully saturated rings. The minimum absolute atomic E-state index is 0.0303. The molecule has 5 unspecified atom stereocenters. The van der Waals surface area contributed by atoms with Crippen molar-refractivity contribution < 1.29 is 14.7 Å². The number of carbonyl (C=O) groups excluding carboxylic acids is 2. The summed E-state index contributed by atoms with van der Waals surface area (Å²) >= 11 is 0. The summed E-state index contributed by atoms with van der Waals surface area (Å²) in [6.07, 6.45) is 3.98. The van der Waals surface area contributed by atoms with Crippen molar-refractivity contribution in [1.29, 1.82) is 0 Å². The Kier molecular flexibility index (Phi) is 5.69. The molecule has 6 heteroatoms. The molecule has 0 radical (unpaired) electrons. The first-order valence-electron chi connectivity index (χ1n) is 10.6. The quantitative estimate of drug-likeness (QED) is 0.733. The van der Waals surface area contributed by atoms with Gasteiger partial charge in [0.2, 0.25) is 11.8 Å². The van der Waals surface area contributed by atoms with Crippen molar-refractivity contribution in [2.45, 2.75) is 51.2 Å². The van der Waals surface area contributed by atoms with E-state index in [1.165, 1.54) is 5.56 Å². The van der Waals surface area contributed by atoms with Crippen LogP contribution in [-0.2, 0) is 16.0 Å². The van der Waals surface area contributed by atoms with Gasteiger partial charge in [-0.15, -0.1) is 0 Å². The Morgan fingerprint density at radius 1 is 1.18 bits per heavy atom. The molecule has 1 saturated heterocycles. The van der Waals surface area contributed by atoms with E-state index < -0.39 is 6.10 Å². The Labute approximate surface area is 166 Å². The highest BCUT2D eigenvalue weighted by molar-refractivity contribution is 6.00. The van der Waals surface area contributed by atoms with E-state index in [2.05, 4.69) is 23.6 Å². The van der Waals surface area contributed by atoms with Crippen molar-refractivity contribution in [2.24, 2.45) is 17.8 Å². The zero-order valence-electron chi connectivity index (χ0n) is 16.6. The molecule has 1 aromatic carbocycles. The van der Waals surface area contributed by atoms with Crippen LogP contribution in [0.3, 0.4) is 0 Å². The molecule has 0 aromatic heterocycles. The fourth-order valence-corrected chi connectivity index (χ4v) is 5.11. The number of anilines is 1. The number of β-amino-alcohol motifs (C(OH)–C–C–N with tert-alkyl or cyclic N) is 1. The summed E-state index contributed by atoms with van der Waals surface area (Å²) in [5, 5.41) is 16.1. The normalized spacial score (nSPS) is 32.2. The van der Waals surface area contributed by atoms with Crippen molar-refractivity contribution in [1.82, 2.24) is 10.6 Å². The van der Waals surface area contributed by atoms with Crippen LogP contribution in [0.25, 0.3) is 0 Å². The third-order valence-electron chi connectivity index (χ3n) is 6.71. The van der Waals surface area contributed by atoms with E-state index in [0.717, 1.165) is 44.3 Å². The van der Waals surface area contributed by atoms with Crippen LogP contribution in [0.5, 0.6) is 0 Å². The minimum Gasteiger partial charge on any atom is -0.391 e. The standard InChI is InChI=1S/C22H31N3O3/c1-14-10-15-6-2-5-9-19(15)25(14)22(28)18-8-4-3-7-17(18)21(27)24-12-16-11-23-13-20(16)26/h2,5-6,9,14,16-18,20,23,26H,3-4,7-8,10-13H2,1H3,(H,24,27). The van der Waals surface area contributed by atoms with Gasteiger partial charge in [-0.1, -0.05) is 31.0 Å². The van der Waals surface area contributed by atoms with Crippen LogP contribution in [-0.4, -0.2) is 48.7 Å². The number of para-hydroxylation sites is 1. The molecule has 28 heavy (non-hydrogen) atoms. The number of benzene rings is 1. The number of rotatable bonds is 4. The van der Waals surface area contributed by atoms with E-state index in [4.69, 9.17) is 0 Å². The van der Waals surface area contributed by atoms with Crippen LogP contribution in [0.2, 0.25) is 0 Å². The van der Waals surface area contributed by atoms with E-state index >= 15 is 0 Å². The number of nitrogens with one attached hydrogen (secondary N) is 2. The Balaban J connectivity index is 1.46. The summed E-state index contributed by atoms with van der Waals surface area (Å²) in [5.74, 6) is -0.411. The van der Waals surface area contributed by atoms with Crippen LogP contribution < -0.4 is 15.5 Å². The molecule has 2 amide bonds. The second-order valence-electron chi connectivity index (χ2n) is 8.62. The summed E-state index contributed by atoms with van der Waals surface area (Å²) in [5.41, 5.74) is 2.22. The highest BCUT2D eigenvalue weighted by Gasteiger charge is 2.41. The number of fused-ring (bicyclic) bond motifs is 1. The van der Waals surface area contributed by atoms with Gasteiger partial charge in [0, 0.05) is 43.2 Å². The molecule has 1 aromatic rings. The van der Waals surface area contributed by atoms with Gasteiger partial charge in [0.25, 0.3) is 0 Å². The predicted octanol–water partition coefficient (Wildman–Crippen LogP) is 1.47. The Morgan fingerprint density at radius 2 is 1.93 bits per heavy atom. The van der Waals surface area contributed by atoms with Crippen LogP contribution in [0.15, 0.2) is 24.3 Å². The maximum Gasteiger partial charge on any atom is 0.231 e. The van der Waals surface area contributed by atoms with Gasteiger partial charge in [0.1, 0.15) is 0 Å². The summed E-state index contributed by atoms with van der Waals surface area (Å²) in [7, 11) is 0. The lowest BCUT2D eigenvalue weighted by atomic mass is 9.77. The number of hydrogen-bond acceptors (Lipinski definition) is 4. The fourth-order valence-electron chi connectivity index (χ4n) is 5.11. The van der Waals surface area contributed by atoms with Crippen LogP contribution in [0.1, 0.15) is 38.2 Å². The lowest BCUT2D eigenvalue weighted by molar-refractivity contribution is -0.135. The lowest BCUT2D eigenvalue weighted by Crippen LogP contribution is -2.48. The summed E-state index contributed by atoms with van der Waals surface area (Å²) < 4.78 is 0. The summed E-state index contributed by atoms with van der Waals surface area (Å²) in [6, 6.07) is 8.23. The SMILES string of the molecule is CC1Cc2ccccc2N1C(=O)C1CCCCC1C(=O)NCC1CNCC1O. The molecule has 0 spiro atoms. The number of hydrogen-bond donors (Lipinski definition) is 3.